The molecule has 0 spiro atoms. The second-order valence-corrected chi connectivity index (χ2v) is 6.33. The van der Waals surface area contributed by atoms with Crippen molar-refractivity contribution in [2.24, 2.45) is 0 Å². The number of imide groups is 1. The van der Waals surface area contributed by atoms with Crippen LogP contribution in [0.2, 0.25) is 0 Å². The number of carboxylic acid groups (broad SMARTS) is 1. The zero-order valence-electron chi connectivity index (χ0n) is 12.3. The molecule has 0 aliphatic rings. The lowest BCUT2D eigenvalue weighted by molar-refractivity contribution is -0.122. The monoisotopic (exact) mass is 314 g/mol. The Bertz CT molecular complexity index is 559. The number of carbonyl (C=O) groups is 3. The Hall–Kier alpha value is -2.09. The average Bonchev–Trinajstić information content (AvgIpc) is 2.80. The molecule has 0 aliphatic heterocycles. The molecule has 0 unspecified atom stereocenters. The maximum Gasteiger partial charge on any atom is 0.349 e. The minimum absolute atomic E-state index is 0.0349. The number of hydrogen-bond acceptors (Lipinski definition) is 5. The molecule has 0 radical (unpaired) electrons. The molecule has 1 heterocycles. The van der Waals surface area contributed by atoms with Gasteiger partial charge in [-0.3, -0.25) is 10.1 Å². The minimum Gasteiger partial charge on any atom is -0.482 e. The second-order valence-electron chi connectivity index (χ2n) is 5.28. The number of hydrogen-bond donors (Lipinski definition) is 3. The highest BCUT2D eigenvalue weighted by molar-refractivity contribution is 7.14. The fourth-order valence-corrected chi connectivity index (χ4v) is 2.37. The standard InChI is InChI=1S/C13H18N2O5S/c1-13(2,3)8-5-7(10(21-8)11(17)18)20-6-9(16)15-12(19)14-4/h5H,6H2,1-4H3,(H,17,18)(H2,14,15,16,19). The van der Waals surface area contributed by atoms with E-state index in [4.69, 9.17) is 9.84 Å². The van der Waals surface area contributed by atoms with E-state index in [9.17, 15) is 14.4 Å². The van der Waals surface area contributed by atoms with E-state index in [0.29, 0.717) is 0 Å². The summed E-state index contributed by atoms with van der Waals surface area (Å²) in [6.07, 6.45) is 0. The average molecular weight is 314 g/mol. The van der Waals surface area contributed by atoms with Crippen molar-refractivity contribution in [1.82, 2.24) is 10.6 Å². The van der Waals surface area contributed by atoms with Crippen LogP contribution in [0.1, 0.15) is 35.3 Å². The largest absolute Gasteiger partial charge is 0.482 e. The van der Waals surface area contributed by atoms with Crippen molar-refractivity contribution in [3.05, 3.63) is 15.8 Å². The molecule has 1 aromatic heterocycles. The van der Waals surface area contributed by atoms with Gasteiger partial charge in [0.2, 0.25) is 0 Å². The smallest absolute Gasteiger partial charge is 0.349 e. The van der Waals surface area contributed by atoms with Gasteiger partial charge in [-0.1, -0.05) is 20.8 Å². The van der Waals surface area contributed by atoms with Crippen molar-refractivity contribution in [3.8, 4) is 5.75 Å². The lowest BCUT2D eigenvalue weighted by Crippen LogP contribution is -2.40. The molecule has 0 saturated heterocycles. The van der Waals surface area contributed by atoms with Crippen LogP contribution in [0.5, 0.6) is 5.75 Å². The van der Waals surface area contributed by atoms with E-state index < -0.39 is 24.5 Å². The summed E-state index contributed by atoms with van der Waals surface area (Å²) in [7, 11) is 1.38. The van der Waals surface area contributed by atoms with Crippen LogP contribution in [0.4, 0.5) is 4.79 Å². The number of ether oxygens (including phenoxy) is 1. The molecule has 0 saturated carbocycles. The van der Waals surface area contributed by atoms with E-state index >= 15 is 0 Å². The summed E-state index contributed by atoms with van der Waals surface area (Å²) in [5.41, 5.74) is -0.221. The van der Waals surface area contributed by atoms with E-state index in [2.05, 4.69) is 5.32 Å². The van der Waals surface area contributed by atoms with E-state index in [1.165, 1.54) is 7.05 Å². The number of thiophene rings is 1. The highest BCUT2D eigenvalue weighted by atomic mass is 32.1. The number of nitrogens with one attached hydrogen (secondary N) is 2. The summed E-state index contributed by atoms with van der Waals surface area (Å²) in [5, 5.41) is 13.4. The molecule has 116 valence electrons. The highest BCUT2D eigenvalue weighted by Gasteiger charge is 2.24. The van der Waals surface area contributed by atoms with Gasteiger partial charge in [0, 0.05) is 11.9 Å². The molecule has 0 aromatic carbocycles. The second kappa shape index (κ2) is 6.57. The SMILES string of the molecule is CNC(=O)NC(=O)COc1cc(C(C)(C)C)sc1C(=O)O. The van der Waals surface area contributed by atoms with Gasteiger partial charge in [0.1, 0.15) is 5.75 Å². The first-order chi connectivity index (χ1) is 9.65. The fraction of sp³-hybridized carbons (Fsp3) is 0.462. The Balaban J connectivity index is 2.83. The number of urea groups is 1. The summed E-state index contributed by atoms with van der Waals surface area (Å²) >= 11 is 1.11. The molecule has 3 amide bonds. The first-order valence-electron chi connectivity index (χ1n) is 6.17. The Morgan fingerprint density at radius 2 is 1.95 bits per heavy atom. The molecule has 0 aliphatic carbocycles. The zero-order valence-corrected chi connectivity index (χ0v) is 13.1. The van der Waals surface area contributed by atoms with Crippen molar-refractivity contribution in [1.29, 1.82) is 0 Å². The molecule has 7 nitrogen and oxygen atoms in total. The van der Waals surface area contributed by atoms with Crippen molar-refractivity contribution in [2.45, 2.75) is 26.2 Å². The maximum atomic E-state index is 11.4. The van der Waals surface area contributed by atoms with Gasteiger partial charge in [0.25, 0.3) is 5.91 Å². The quantitative estimate of drug-likeness (QED) is 0.782. The van der Waals surface area contributed by atoms with Gasteiger partial charge in [-0.2, -0.15) is 0 Å². The van der Waals surface area contributed by atoms with E-state index in [0.717, 1.165) is 16.2 Å². The molecular weight excluding hydrogens is 296 g/mol. The van der Waals surface area contributed by atoms with Crippen molar-refractivity contribution in [2.75, 3.05) is 13.7 Å². The molecule has 1 aromatic rings. The van der Waals surface area contributed by atoms with Crippen LogP contribution >= 0.6 is 11.3 Å². The zero-order chi connectivity index (χ0) is 16.2. The summed E-state index contributed by atoms with van der Waals surface area (Å²) in [4.78, 5) is 34.4. The summed E-state index contributed by atoms with van der Waals surface area (Å²) in [6, 6.07) is 0.962. The summed E-state index contributed by atoms with van der Waals surface area (Å²) < 4.78 is 5.22. The summed E-state index contributed by atoms with van der Waals surface area (Å²) in [5.74, 6) is -1.64. The van der Waals surface area contributed by atoms with Crippen molar-refractivity contribution >= 4 is 29.2 Å². The van der Waals surface area contributed by atoms with Gasteiger partial charge in [0.05, 0.1) is 0 Å². The Morgan fingerprint density at radius 3 is 2.43 bits per heavy atom. The molecule has 3 N–H and O–H groups in total. The molecule has 21 heavy (non-hydrogen) atoms. The molecule has 1 rings (SSSR count). The fourth-order valence-electron chi connectivity index (χ4n) is 1.37. The summed E-state index contributed by atoms with van der Waals surface area (Å²) in [6.45, 7) is 5.42. The molecule has 8 heteroatoms. The molecular formula is C13H18N2O5S. The first kappa shape index (κ1) is 17.0. The normalized spacial score (nSPS) is 10.9. The number of amides is 3. The van der Waals surface area contributed by atoms with Crippen LogP contribution in [-0.4, -0.2) is 36.7 Å². The van der Waals surface area contributed by atoms with E-state index in [-0.39, 0.29) is 16.0 Å². The molecule has 0 bridgehead atoms. The van der Waals surface area contributed by atoms with Crippen LogP contribution in [0.25, 0.3) is 0 Å². The predicted octanol–water partition coefficient (Wildman–Crippen LogP) is 1.58. The van der Waals surface area contributed by atoms with Crippen LogP contribution in [-0.2, 0) is 10.2 Å². The van der Waals surface area contributed by atoms with Gasteiger partial charge in [0.15, 0.2) is 11.5 Å². The van der Waals surface area contributed by atoms with Gasteiger partial charge in [-0.25, -0.2) is 9.59 Å². The van der Waals surface area contributed by atoms with Crippen LogP contribution in [0, 0.1) is 0 Å². The lowest BCUT2D eigenvalue weighted by Gasteiger charge is -2.14. The maximum absolute atomic E-state index is 11.4. The number of carboxylic acids is 1. The highest BCUT2D eigenvalue weighted by Crippen LogP contribution is 2.36. The van der Waals surface area contributed by atoms with E-state index in [1.54, 1.807) is 6.07 Å². The Morgan fingerprint density at radius 1 is 1.33 bits per heavy atom. The Labute approximate surface area is 126 Å². The first-order valence-corrected chi connectivity index (χ1v) is 6.98. The number of rotatable bonds is 4. The molecule has 0 fully saturated rings. The number of aromatic carboxylic acids is 1. The predicted molar refractivity (Wildman–Crippen MR) is 78.1 cm³/mol. The van der Waals surface area contributed by atoms with Crippen LogP contribution < -0.4 is 15.4 Å². The van der Waals surface area contributed by atoms with Crippen molar-refractivity contribution < 1.29 is 24.2 Å². The van der Waals surface area contributed by atoms with Crippen LogP contribution in [0.3, 0.4) is 0 Å². The van der Waals surface area contributed by atoms with Crippen LogP contribution in [0.15, 0.2) is 6.07 Å². The molecule has 0 atom stereocenters. The lowest BCUT2D eigenvalue weighted by atomic mass is 9.95. The van der Waals surface area contributed by atoms with Gasteiger partial charge in [-0.05, 0) is 11.5 Å². The minimum atomic E-state index is -1.11. The van der Waals surface area contributed by atoms with E-state index in [1.807, 2.05) is 26.1 Å². The number of carbonyl (C=O) groups excluding carboxylic acids is 2. The third-order valence-electron chi connectivity index (χ3n) is 2.47. The third-order valence-corrected chi connectivity index (χ3v) is 4.00. The van der Waals surface area contributed by atoms with Crippen molar-refractivity contribution in [3.63, 3.8) is 0 Å². The van der Waals surface area contributed by atoms with Gasteiger partial charge < -0.3 is 15.2 Å². The van der Waals surface area contributed by atoms with Gasteiger partial charge >= 0.3 is 12.0 Å². The van der Waals surface area contributed by atoms with Gasteiger partial charge in [-0.15, -0.1) is 11.3 Å². The Kier molecular flexibility index (Phi) is 5.31. The topological polar surface area (TPSA) is 105 Å². The third kappa shape index (κ3) is 4.75.